The van der Waals surface area contributed by atoms with E-state index in [-0.39, 0.29) is 0 Å². The molecule has 5 heteroatoms. The zero-order valence-electron chi connectivity index (χ0n) is 17.5. The highest BCUT2D eigenvalue weighted by Gasteiger charge is 2.58. The first-order valence-electron chi connectivity index (χ1n) is 9.30. The first-order chi connectivity index (χ1) is 11.7. The molecule has 1 aromatic carbocycles. The lowest BCUT2D eigenvalue weighted by Gasteiger charge is -2.43. The van der Waals surface area contributed by atoms with Crippen molar-refractivity contribution in [2.45, 2.75) is 79.6 Å². The van der Waals surface area contributed by atoms with E-state index in [2.05, 4.69) is 76.9 Å². The monoisotopic (exact) mass is 366 g/mol. The Morgan fingerprint density at radius 2 is 1.20 bits per heavy atom. The first kappa shape index (κ1) is 22.2. The van der Waals surface area contributed by atoms with Crippen molar-refractivity contribution in [1.29, 1.82) is 0 Å². The van der Waals surface area contributed by atoms with Crippen molar-refractivity contribution >= 4 is 14.2 Å². The molecule has 0 aromatic heterocycles. The molecule has 0 heterocycles. The standard InChI is InChI=1S/C20H37N3OP/c1-16(2)22(17(3)4)25(24-9,23(18(5)6)19(7)8)21-15-20-13-11-10-12-14-20/h10-19H,1-9H3/q+1/b21-15+. The normalized spacial score (nSPS) is 13.6. The molecule has 0 N–H and O–H groups in total. The van der Waals surface area contributed by atoms with E-state index in [1.807, 2.05) is 31.5 Å². The summed E-state index contributed by atoms with van der Waals surface area (Å²) in [5, 5.41) is 0. The molecule has 0 aliphatic rings. The minimum absolute atomic E-state index is 0.334. The van der Waals surface area contributed by atoms with Crippen LogP contribution in [0.4, 0.5) is 0 Å². The lowest BCUT2D eigenvalue weighted by molar-refractivity contribution is 0.187. The van der Waals surface area contributed by atoms with Gasteiger partial charge in [0.05, 0.1) is 13.3 Å². The van der Waals surface area contributed by atoms with Crippen LogP contribution in [0.3, 0.4) is 0 Å². The zero-order chi connectivity index (χ0) is 19.2. The lowest BCUT2D eigenvalue weighted by Crippen LogP contribution is -2.47. The second kappa shape index (κ2) is 9.78. The molecule has 0 fully saturated rings. The third-order valence-corrected chi connectivity index (χ3v) is 8.08. The fourth-order valence-electron chi connectivity index (χ4n) is 3.55. The molecule has 0 saturated heterocycles. The molecule has 0 unspecified atom stereocenters. The minimum atomic E-state index is -2.35. The van der Waals surface area contributed by atoms with Crippen LogP contribution in [0.15, 0.2) is 35.1 Å². The van der Waals surface area contributed by atoms with Crippen molar-refractivity contribution < 1.29 is 4.52 Å². The van der Waals surface area contributed by atoms with Crippen LogP contribution in [0.25, 0.3) is 0 Å². The van der Waals surface area contributed by atoms with Gasteiger partial charge in [0.25, 0.3) is 0 Å². The Balaban J connectivity index is 3.53. The largest absolute Gasteiger partial charge is 0.418 e. The van der Waals surface area contributed by atoms with Crippen LogP contribution in [0, 0.1) is 0 Å². The van der Waals surface area contributed by atoms with Crippen molar-refractivity contribution in [2.24, 2.45) is 4.76 Å². The summed E-state index contributed by atoms with van der Waals surface area (Å²) < 4.78 is 16.3. The fraction of sp³-hybridized carbons (Fsp3) is 0.650. The molecule has 0 aliphatic heterocycles. The molecular formula is C20H37N3OP+. The smallest absolute Gasteiger partial charge is 0.179 e. The molecule has 4 nitrogen and oxygen atoms in total. The van der Waals surface area contributed by atoms with Gasteiger partial charge in [-0.1, -0.05) is 35.1 Å². The van der Waals surface area contributed by atoms with Gasteiger partial charge < -0.3 is 0 Å². The van der Waals surface area contributed by atoms with Gasteiger partial charge >= 0.3 is 7.94 Å². The highest BCUT2D eigenvalue weighted by atomic mass is 31.2. The summed E-state index contributed by atoms with van der Waals surface area (Å²) in [5.41, 5.74) is 1.10. The van der Waals surface area contributed by atoms with Gasteiger partial charge in [0.1, 0.15) is 0 Å². The van der Waals surface area contributed by atoms with Crippen molar-refractivity contribution in [3.63, 3.8) is 0 Å². The number of nitrogens with zero attached hydrogens (tertiary/aromatic N) is 3. The molecule has 1 rings (SSSR count). The number of hydrogen-bond donors (Lipinski definition) is 0. The predicted octanol–water partition coefficient (Wildman–Crippen LogP) is 5.67. The van der Waals surface area contributed by atoms with Crippen molar-refractivity contribution in [2.75, 3.05) is 7.11 Å². The van der Waals surface area contributed by atoms with Gasteiger partial charge in [0.15, 0.2) is 0 Å². The SMILES string of the molecule is CO[P+](/N=C/c1ccccc1)(N(C(C)C)C(C)C)N(C(C)C)C(C)C. The van der Waals surface area contributed by atoms with E-state index in [1.165, 1.54) is 0 Å². The minimum Gasteiger partial charge on any atom is -0.179 e. The van der Waals surface area contributed by atoms with Gasteiger partial charge in [0, 0.05) is 24.2 Å². The van der Waals surface area contributed by atoms with Gasteiger partial charge in [-0.25, -0.2) is 0 Å². The van der Waals surface area contributed by atoms with E-state index in [4.69, 9.17) is 9.29 Å². The van der Waals surface area contributed by atoms with E-state index >= 15 is 0 Å². The fourth-order valence-corrected chi connectivity index (χ4v) is 7.19. The molecule has 0 radical (unpaired) electrons. The molecule has 0 aliphatic carbocycles. The van der Waals surface area contributed by atoms with E-state index < -0.39 is 7.94 Å². The Labute approximate surface area is 155 Å². The Kier molecular flexibility index (Phi) is 8.70. The van der Waals surface area contributed by atoms with E-state index in [0.717, 1.165) is 5.56 Å². The molecule has 1 aromatic rings. The maximum absolute atomic E-state index is 6.29. The Bertz CT molecular complexity index is 493. The molecule has 0 saturated carbocycles. The average molecular weight is 367 g/mol. The predicted molar refractivity (Wildman–Crippen MR) is 112 cm³/mol. The number of benzene rings is 1. The summed E-state index contributed by atoms with van der Waals surface area (Å²) in [4.78, 5) is 0. The van der Waals surface area contributed by atoms with E-state index in [1.54, 1.807) is 0 Å². The molecule has 142 valence electrons. The summed E-state index contributed by atoms with van der Waals surface area (Å²) in [6.07, 6.45) is 1.98. The van der Waals surface area contributed by atoms with Gasteiger partial charge in [-0.05, 0) is 61.0 Å². The van der Waals surface area contributed by atoms with Crippen LogP contribution in [0.1, 0.15) is 61.0 Å². The average Bonchev–Trinajstić information content (AvgIpc) is 2.51. The van der Waals surface area contributed by atoms with Crippen molar-refractivity contribution in [3.8, 4) is 0 Å². The third-order valence-electron chi connectivity index (χ3n) is 4.12. The Hall–Kier alpha value is -0.800. The van der Waals surface area contributed by atoms with Crippen LogP contribution in [0.5, 0.6) is 0 Å². The van der Waals surface area contributed by atoms with E-state index in [9.17, 15) is 0 Å². The maximum atomic E-state index is 6.29. The van der Waals surface area contributed by atoms with Gasteiger partial charge in [0.2, 0.25) is 0 Å². The molecule has 0 bridgehead atoms. The summed E-state index contributed by atoms with van der Waals surface area (Å²) in [7, 11) is -0.540. The molecule has 25 heavy (non-hydrogen) atoms. The van der Waals surface area contributed by atoms with Crippen molar-refractivity contribution in [1.82, 2.24) is 9.34 Å². The van der Waals surface area contributed by atoms with Crippen LogP contribution >= 0.6 is 7.94 Å². The van der Waals surface area contributed by atoms with Crippen molar-refractivity contribution in [3.05, 3.63) is 35.9 Å². The zero-order valence-corrected chi connectivity index (χ0v) is 18.4. The number of hydrogen-bond acceptors (Lipinski definition) is 4. The Morgan fingerprint density at radius 3 is 1.52 bits per heavy atom. The highest BCUT2D eigenvalue weighted by molar-refractivity contribution is 7.65. The Morgan fingerprint density at radius 1 is 0.800 bits per heavy atom. The summed E-state index contributed by atoms with van der Waals surface area (Å²) >= 11 is 0. The molecule has 0 spiro atoms. The van der Waals surface area contributed by atoms with E-state index in [0.29, 0.717) is 24.2 Å². The highest BCUT2D eigenvalue weighted by Crippen LogP contribution is 2.69. The van der Waals surface area contributed by atoms with Crippen LogP contribution in [-0.4, -0.2) is 46.8 Å². The maximum Gasteiger partial charge on any atom is 0.418 e. The quantitative estimate of drug-likeness (QED) is 0.416. The van der Waals surface area contributed by atoms with Gasteiger partial charge in [-0.15, -0.1) is 9.34 Å². The summed E-state index contributed by atoms with van der Waals surface area (Å²) in [6.45, 7) is 17.8. The second-order valence-electron chi connectivity index (χ2n) is 7.49. The third kappa shape index (κ3) is 5.34. The van der Waals surface area contributed by atoms with Gasteiger partial charge in [-0.2, -0.15) is 4.52 Å². The molecular weight excluding hydrogens is 329 g/mol. The molecule has 0 amide bonds. The molecule has 0 atom stereocenters. The second-order valence-corrected chi connectivity index (χ2v) is 10.0. The summed E-state index contributed by atoms with van der Waals surface area (Å²) in [5.74, 6) is 0. The summed E-state index contributed by atoms with van der Waals surface area (Å²) in [6, 6.07) is 11.6. The van der Waals surface area contributed by atoms with Crippen LogP contribution in [-0.2, 0) is 4.52 Å². The lowest BCUT2D eigenvalue weighted by atomic mass is 10.2. The first-order valence-corrected chi connectivity index (χ1v) is 10.9. The topological polar surface area (TPSA) is 28.1 Å². The van der Waals surface area contributed by atoms with Crippen LogP contribution < -0.4 is 0 Å². The number of rotatable bonds is 9. The van der Waals surface area contributed by atoms with Crippen LogP contribution in [0.2, 0.25) is 0 Å². The van der Waals surface area contributed by atoms with Gasteiger partial charge in [-0.3, -0.25) is 0 Å².